The molecule has 0 radical (unpaired) electrons. The Morgan fingerprint density at radius 1 is 1.43 bits per heavy atom. The summed E-state index contributed by atoms with van der Waals surface area (Å²) >= 11 is 6.39. The van der Waals surface area contributed by atoms with Crippen LogP contribution in [0.15, 0.2) is 24.5 Å². The Balaban J connectivity index is 0.00000280. The van der Waals surface area contributed by atoms with Gasteiger partial charge in [0.2, 0.25) is 0 Å². The molecule has 1 aromatic heterocycles. The second-order valence-corrected chi connectivity index (χ2v) is 6.86. The Hall–Kier alpha value is -1.96. The highest BCUT2D eigenvalue weighted by molar-refractivity contribution is 6.32. The largest absolute Gasteiger partial charge is 0.493 e. The first-order chi connectivity index (χ1) is 13.1. The van der Waals surface area contributed by atoms with Gasteiger partial charge >= 0.3 is 0 Å². The minimum atomic E-state index is -0.146. The molecule has 1 aliphatic rings. The molecule has 0 bridgehead atoms. The van der Waals surface area contributed by atoms with Gasteiger partial charge in [-0.1, -0.05) is 18.5 Å². The molecule has 3 rings (SSSR count). The van der Waals surface area contributed by atoms with Crippen LogP contribution in [0.25, 0.3) is 0 Å². The molecule has 1 unspecified atom stereocenters. The molecule has 154 valence electrons. The van der Waals surface area contributed by atoms with E-state index in [-0.39, 0.29) is 24.4 Å². The highest BCUT2D eigenvalue weighted by Crippen LogP contribution is 2.37. The van der Waals surface area contributed by atoms with Crippen molar-refractivity contribution in [2.24, 2.45) is 7.05 Å². The summed E-state index contributed by atoms with van der Waals surface area (Å²) in [5.74, 6) is 1.67. The maximum absolute atomic E-state index is 13.3. The average Bonchev–Trinajstić information content (AvgIpc) is 3.11. The van der Waals surface area contributed by atoms with Gasteiger partial charge in [-0.15, -0.1) is 12.4 Å². The van der Waals surface area contributed by atoms with E-state index in [9.17, 15) is 4.79 Å². The average molecular weight is 429 g/mol. The molecule has 1 aliphatic heterocycles. The van der Waals surface area contributed by atoms with Crippen LogP contribution < -0.4 is 14.8 Å². The highest BCUT2D eigenvalue weighted by Gasteiger charge is 2.31. The predicted octanol–water partition coefficient (Wildman–Crippen LogP) is 3.08. The number of imidazole rings is 1. The number of amides is 1. The molecule has 7 nitrogen and oxygen atoms in total. The van der Waals surface area contributed by atoms with Crippen molar-refractivity contribution in [3.63, 3.8) is 0 Å². The van der Waals surface area contributed by atoms with Crippen molar-refractivity contribution in [3.05, 3.63) is 40.9 Å². The van der Waals surface area contributed by atoms with E-state index in [0.717, 1.165) is 18.8 Å². The fraction of sp³-hybridized carbons (Fsp3) is 0.474. The Morgan fingerprint density at radius 2 is 2.21 bits per heavy atom. The summed E-state index contributed by atoms with van der Waals surface area (Å²) in [6, 6.07) is 3.19. The third kappa shape index (κ3) is 4.54. The van der Waals surface area contributed by atoms with Crippen molar-refractivity contribution in [1.82, 2.24) is 19.8 Å². The predicted molar refractivity (Wildman–Crippen MR) is 111 cm³/mol. The molecule has 1 N–H and O–H groups in total. The van der Waals surface area contributed by atoms with Crippen LogP contribution in [0.3, 0.4) is 0 Å². The normalized spacial score (nSPS) is 16.4. The van der Waals surface area contributed by atoms with Crippen molar-refractivity contribution in [2.75, 3.05) is 33.4 Å². The quantitative estimate of drug-likeness (QED) is 0.765. The fourth-order valence-electron chi connectivity index (χ4n) is 3.23. The molecule has 0 spiro atoms. The smallest absolute Gasteiger partial charge is 0.254 e. The monoisotopic (exact) mass is 428 g/mol. The van der Waals surface area contributed by atoms with Crippen molar-refractivity contribution in [1.29, 1.82) is 0 Å². The van der Waals surface area contributed by atoms with Crippen molar-refractivity contribution >= 4 is 29.9 Å². The van der Waals surface area contributed by atoms with Crippen molar-refractivity contribution in [3.8, 4) is 11.5 Å². The molecular weight excluding hydrogens is 403 g/mol. The van der Waals surface area contributed by atoms with Crippen LogP contribution in [0.5, 0.6) is 11.5 Å². The van der Waals surface area contributed by atoms with E-state index >= 15 is 0 Å². The van der Waals surface area contributed by atoms with Crippen LogP contribution in [0.4, 0.5) is 0 Å². The number of carbonyl (C=O) groups is 1. The van der Waals surface area contributed by atoms with E-state index in [0.29, 0.717) is 41.8 Å². The van der Waals surface area contributed by atoms with E-state index in [1.165, 1.54) is 0 Å². The van der Waals surface area contributed by atoms with E-state index in [2.05, 4.69) is 10.3 Å². The Kier molecular flexibility index (Phi) is 7.98. The Labute approximate surface area is 176 Å². The number of rotatable bonds is 6. The lowest BCUT2D eigenvalue weighted by Gasteiger charge is -2.36. The molecule has 9 heteroatoms. The third-order valence-corrected chi connectivity index (χ3v) is 4.87. The molecule has 1 amide bonds. The van der Waals surface area contributed by atoms with Crippen LogP contribution in [0, 0.1) is 0 Å². The number of hydrogen-bond acceptors (Lipinski definition) is 5. The first kappa shape index (κ1) is 22.3. The van der Waals surface area contributed by atoms with Crippen molar-refractivity contribution in [2.45, 2.75) is 19.4 Å². The maximum atomic E-state index is 13.3. The van der Waals surface area contributed by atoms with Gasteiger partial charge in [-0.2, -0.15) is 0 Å². The van der Waals surface area contributed by atoms with Gasteiger partial charge in [0.25, 0.3) is 5.91 Å². The van der Waals surface area contributed by atoms with Gasteiger partial charge in [0.1, 0.15) is 11.9 Å². The lowest BCUT2D eigenvalue weighted by molar-refractivity contribution is 0.0620. The standard InChI is InChI=1S/C19H25ClN4O3.ClH/c1-4-9-27-17-14(20)10-13(11-16(17)26-3)19(25)24-8-5-21-12-15(24)18-22-6-7-23(18)2;/h6-7,10-11,15,21H,4-5,8-9,12H2,1-3H3;1H. The van der Waals surface area contributed by atoms with Crippen LogP contribution >= 0.6 is 24.0 Å². The third-order valence-electron chi connectivity index (χ3n) is 4.59. The first-order valence-electron chi connectivity index (χ1n) is 9.06. The SMILES string of the molecule is CCCOc1c(Cl)cc(C(=O)N2CCNCC2c2nccn2C)cc1OC.Cl. The lowest BCUT2D eigenvalue weighted by atomic mass is 10.1. The Bertz CT molecular complexity index is 812. The zero-order chi connectivity index (χ0) is 19.4. The number of nitrogens with one attached hydrogen (secondary N) is 1. The minimum Gasteiger partial charge on any atom is -0.493 e. The van der Waals surface area contributed by atoms with Gasteiger partial charge in [-0.3, -0.25) is 4.79 Å². The number of hydrogen-bond donors (Lipinski definition) is 1. The summed E-state index contributed by atoms with van der Waals surface area (Å²) in [6.45, 7) is 4.52. The van der Waals surface area contributed by atoms with Gasteiger partial charge in [0.05, 0.1) is 18.7 Å². The molecule has 2 heterocycles. The molecule has 1 atom stereocenters. The number of aryl methyl sites for hydroxylation is 1. The number of methoxy groups -OCH3 is 1. The van der Waals surface area contributed by atoms with Crippen molar-refractivity contribution < 1.29 is 14.3 Å². The van der Waals surface area contributed by atoms with E-state index in [1.54, 1.807) is 25.4 Å². The van der Waals surface area contributed by atoms with E-state index < -0.39 is 0 Å². The maximum Gasteiger partial charge on any atom is 0.254 e. The zero-order valence-electron chi connectivity index (χ0n) is 16.3. The molecule has 0 aliphatic carbocycles. The van der Waals surface area contributed by atoms with Crippen LogP contribution in [-0.4, -0.2) is 53.7 Å². The second kappa shape index (κ2) is 10.0. The zero-order valence-corrected chi connectivity index (χ0v) is 17.8. The van der Waals surface area contributed by atoms with Crippen LogP contribution in [0.1, 0.15) is 35.6 Å². The van der Waals surface area contributed by atoms with Gasteiger partial charge in [-0.05, 0) is 18.6 Å². The molecule has 1 saturated heterocycles. The summed E-state index contributed by atoms with van der Waals surface area (Å²) in [5, 5.41) is 3.71. The van der Waals surface area contributed by atoms with E-state index in [4.69, 9.17) is 21.1 Å². The fourth-order valence-corrected chi connectivity index (χ4v) is 3.49. The number of ether oxygens (including phenoxy) is 2. The molecular formula is C19H26Cl2N4O3. The van der Waals surface area contributed by atoms with Gasteiger partial charge in [-0.25, -0.2) is 4.98 Å². The number of aromatic nitrogens is 2. The summed E-state index contributed by atoms with van der Waals surface area (Å²) in [7, 11) is 3.47. The summed E-state index contributed by atoms with van der Waals surface area (Å²) < 4.78 is 13.0. The molecule has 0 saturated carbocycles. The van der Waals surface area contributed by atoms with Gasteiger partial charge in [0, 0.05) is 44.6 Å². The summed E-state index contributed by atoms with van der Waals surface area (Å²) in [4.78, 5) is 19.5. The molecule has 28 heavy (non-hydrogen) atoms. The topological polar surface area (TPSA) is 68.6 Å². The lowest BCUT2D eigenvalue weighted by Crippen LogP contribution is -2.49. The number of nitrogens with zero attached hydrogens (tertiary/aromatic N) is 3. The number of halogens is 2. The Morgan fingerprint density at radius 3 is 2.86 bits per heavy atom. The summed E-state index contributed by atoms with van der Waals surface area (Å²) in [6.07, 6.45) is 4.48. The number of carbonyl (C=O) groups excluding carboxylic acids is 1. The molecule has 1 aromatic carbocycles. The molecule has 1 fully saturated rings. The number of benzene rings is 1. The number of piperazine rings is 1. The minimum absolute atomic E-state index is 0. The van der Waals surface area contributed by atoms with E-state index in [1.807, 2.05) is 29.6 Å². The van der Waals surface area contributed by atoms with Gasteiger partial charge in [0.15, 0.2) is 11.5 Å². The van der Waals surface area contributed by atoms with Crippen LogP contribution in [0.2, 0.25) is 5.02 Å². The second-order valence-electron chi connectivity index (χ2n) is 6.45. The first-order valence-corrected chi connectivity index (χ1v) is 9.43. The summed E-state index contributed by atoms with van der Waals surface area (Å²) in [5.41, 5.74) is 0.474. The van der Waals surface area contributed by atoms with Gasteiger partial charge < -0.3 is 24.3 Å². The molecule has 2 aromatic rings. The van der Waals surface area contributed by atoms with Crippen LogP contribution in [-0.2, 0) is 7.05 Å². The highest BCUT2D eigenvalue weighted by atomic mass is 35.5.